The molecule has 0 aromatic rings. The molecule has 0 radical (unpaired) electrons. The molecule has 1 heteroatoms. The van der Waals surface area contributed by atoms with Gasteiger partial charge in [0.2, 0.25) is 0 Å². The molecule has 1 nitrogen and oxygen atoms in total. The topological polar surface area (TPSA) is 26.0 Å². The highest BCUT2D eigenvalue weighted by Crippen LogP contribution is 2.68. The first kappa shape index (κ1) is 14.5. The van der Waals surface area contributed by atoms with Crippen LogP contribution in [-0.2, 0) is 0 Å². The number of nitrogens with two attached hydrogens (primary N) is 1. The molecule has 4 saturated carbocycles. The van der Waals surface area contributed by atoms with Gasteiger partial charge in [0.1, 0.15) is 0 Å². The summed E-state index contributed by atoms with van der Waals surface area (Å²) in [5.41, 5.74) is 8.43. The van der Waals surface area contributed by atoms with Crippen molar-refractivity contribution < 1.29 is 0 Å². The third-order valence-electron chi connectivity index (χ3n) is 9.39. The first-order valence-electron chi connectivity index (χ1n) is 9.71. The fourth-order valence-corrected chi connectivity index (χ4v) is 7.64. The summed E-state index contributed by atoms with van der Waals surface area (Å²) in [5, 5.41) is 0. The number of fused-ring (bicyclic) bond motifs is 5. The van der Waals surface area contributed by atoms with Crippen molar-refractivity contribution in [2.75, 3.05) is 0 Å². The van der Waals surface area contributed by atoms with E-state index < -0.39 is 0 Å². The third-order valence-corrected chi connectivity index (χ3v) is 9.39. The summed E-state index contributed by atoms with van der Waals surface area (Å²) in [6, 6.07) is 0. The monoisotopic (exact) mass is 289 g/mol. The highest BCUT2D eigenvalue weighted by Gasteiger charge is 2.64. The van der Waals surface area contributed by atoms with E-state index in [0.717, 1.165) is 23.7 Å². The van der Waals surface area contributed by atoms with Crippen molar-refractivity contribution in [3.63, 3.8) is 0 Å². The van der Waals surface area contributed by atoms with E-state index in [2.05, 4.69) is 20.8 Å². The molecule has 2 unspecified atom stereocenters. The zero-order chi connectivity index (χ0) is 14.9. The molecule has 4 rings (SSSR count). The molecule has 0 aromatic heterocycles. The van der Waals surface area contributed by atoms with Crippen LogP contribution in [0.3, 0.4) is 0 Å². The quantitative estimate of drug-likeness (QED) is 0.657. The van der Waals surface area contributed by atoms with Gasteiger partial charge in [-0.15, -0.1) is 0 Å². The minimum absolute atomic E-state index is 0.154. The number of hydrogen-bond acceptors (Lipinski definition) is 1. The Morgan fingerprint density at radius 1 is 0.810 bits per heavy atom. The maximum absolute atomic E-state index is 7.22. The normalized spacial score (nSPS) is 60.0. The van der Waals surface area contributed by atoms with Gasteiger partial charge in [-0.3, -0.25) is 0 Å². The SMILES string of the molecule is C[C@H]1CCC2(N)[C@@H]3CCC4CCCC[C@]4(C)[C@H]3CC[C@]12C. The van der Waals surface area contributed by atoms with E-state index in [4.69, 9.17) is 5.73 Å². The molecule has 4 aliphatic rings. The maximum atomic E-state index is 7.22. The van der Waals surface area contributed by atoms with Gasteiger partial charge in [0.25, 0.3) is 0 Å². The van der Waals surface area contributed by atoms with Gasteiger partial charge in [-0.1, -0.05) is 33.6 Å². The molecule has 21 heavy (non-hydrogen) atoms. The number of rotatable bonds is 0. The first-order valence-corrected chi connectivity index (χ1v) is 9.71. The van der Waals surface area contributed by atoms with Crippen molar-refractivity contribution in [3.05, 3.63) is 0 Å². The van der Waals surface area contributed by atoms with E-state index in [1.165, 1.54) is 64.2 Å². The fraction of sp³-hybridized carbons (Fsp3) is 1.00. The standard InChI is InChI=1S/C20H35N/c1-14-9-13-20(21)17-8-7-15-6-4-5-11-18(15,2)16(17)10-12-19(14,20)3/h14-17H,4-13,21H2,1-3H3/t14-,15?,16-,17+,18-,19+,20?/m0/s1. The van der Waals surface area contributed by atoms with Gasteiger partial charge < -0.3 is 5.73 Å². The highest BCUT2D eigenvalue weighted by atomic mass is 14.9. The average Bonchev–Trinajstić information content (AvgIpc) is 2.71. The molecule has 0 aromatic carbocycles. The van der Waals surface area contributed by atoms with E-state index in [-0.39, 0.29) is 5.54 Å². The molecule has 0 aliphatic heterocycles. The molecule has 2 N–H and O–H groups in total. The van der Waals surface area contributed by atoms with Crippen molar-refractivity contribution >= 4 is 0 Å². The van der Waals surface area contributed by atoms with Crippen molar-refractivity contribution in [2.45, 2.75) is 90.5 Å². The second-order valence-electron chi connectivity index (χ2n) is 9.68. The van der Waals surface area contributed by atoms with Gasteiger partial charge in [0, 0.05) is 5.54 Å². The van der Waals surface area contributed by atoms with Crippen molar-refractivity contribution in [1.29, 1.82) is 0 Å². The van der Waals surface area contributed by atoms with Gasteiger partial charge in [-0.05, 0) is 85.9 Å². The Bertz CT molecular complexity index is 432. The average molecular weight is 290 g/mol. The molecule has 4 fully saturated rings. The Balaban J connectivity index is 1.70. The summed E-state index contributed by atoms with van der Waals surface area (Å²) < 4.78 is 0. The van der Waals surface area contributed by atoms with Gasteiger partial charge in [-0.2, -0.15) is 0 Å². The van der Waals surface area contributed by atoms with E-state index in [0.29, 0.717) is 10.8 Å². The third kappa shape index (κ3) is 1.68. The first-order chi connectivity index (χ1) is 9.92. The van der Waals surface area contributed by atoms with Crippen molar-refractivity contribution in [2.24, 2.45) is 40.2 Å². The Morgan fingerprint density at radius 2 is 1.62 bits per heavy atom. The van der Waals surface area contributed by atoms with Gasteiger partial charge in [0.05, 0.1) is 0 Å². The van der Waals surface area contributed by atoms with Gasteiger partial charge in [-0.25, -0.2) is 0 Å². The lowest BCUT2D eigenvalue weighted by molar-refractivity contribution is -0.120. The fourth-order valence-electron chi connectivity index (χ4n) is 7.64. The zero-order valence-corrected chi connectivity index (χ0v) is 14.5. The second-order valence-corrected chi connectivity index (χ2v) is 9.68. The summed E-state index contributed by atoms with van der Waals surface area (Å²) in [6.45, 7) is 7.66. The molecule has 0 spiro atoms. The predicted molar refractivity (Wildman–Crippen MR) is 88.9 cm³/mol. The summed E-state index contributed by atoms with van der Waals surface area (Å²) in [6.07, 6.45) is 14.4. The largest absolute Gasteiger partial charge is 0.324 e. The van der Waals surface area contributed by atoms with Crippen molar-refractivity contribution in [3.8, 4) is 0 Å². The molecular formula is C20H35N. The smallest absolute Gasteiger partial charge is 0.0242 e. The van der Waals surface area contributed by atoms with Crippen molar-refractivity contribution in [1.82, 2.24) is 0 Å². The highest BCUT2D eigenvalue weighted by molar-refractivity contribution is 5.18. The summed E-state index contributed by atoms with van der Waals surface area (Å²) >= 11 is 0. The second kappa shape index (κ2) is 4.49. The van der Waals surface area contributed by atoms with Crippen LogP contribution in [-0.4, -0.2) is 5.54 Å². The summed E-state index contributed by atoms with van der Waals surface area (Å²) in [7, 11) is 0. The molecule has 4 aliphatic carbocycles. The van der Waals surface area contributed by atoms with Crippen LogP contribution in [0.5, 0.6) is 0 Å². The van der Waals surface area contributed by atoms with Crippen LogP contribution in [0.15, 0.2) is 0 Å². The lowest BCUT2D eigenvalue weighted by Crippen LogP contribution is -2.65. The van der Waals surface area contributed by atoms with Crippen LogP contribution in [0, 0.1) is 34.5 Å². The Morgan fingerprint density at radius 3 is 2.43 bits per heavy atom. The van der Waals surface area contributed by atoms with Crippen LogP contribution in [0.1, 0.15) is 85.0 Å². The van der Waals surface area contributed by atoms with Crippen LogP contribution in [0.4, 0.5) is 0 Å². The lowest BCUT2D eigenvalue weighted by atomic mass is 9.43. The minimum atomic E-state index is 0.154. The van der Waals surface area contributed by atoms with E-state index in [1.54, 1.807) is 0 Å². The zero-order valence-electron chi connectivity index (χ0n) is 14.5. The van der Waals surface area contributed by atoms with Crippen LogP contribution < -0.4 is 5.73 Å². The van der Waals surface area contributed by atoms with Crippen LogP contribution in [0.25, 0.3) is 0 Å². The molecule has 7 atom stereocenters. The van der Waals surface area contributed by atoms with Crippen LogP contribution in [0.2, 0.25) is 0 Å². The lowest BCUT2D eigenvalue weighted by Gasteiger charge is -2.64. The van der Waals surface area contributed by atoms with E-state index >= 15 is 0 Å². The number of hydrogen-bond donors (Lipinski definition) is 1. The Hall–Kier alpha value is -0.0400. The summed E-state index contributed by atoms with van der Waals surface area (Å²) in [4.78, 5) is 0. The van der Waals surface area contributed by atoms with Gasteiger partial charge in [0.15, 0.2) is 0 Å². The molecule has 0 bridgehead atoms. The molecule has 0 amide bonds. The maximum Gasteiger partial charge on any atom is 0.0242 e. The molecule has 0 heterocycles. The molecule has 0 saturated heterocycles. The minimum Gasteiger partial charge on any atom is -0.324 e. The van der Waals surface area contributed by atoms with Crippen LogP contribution >= 0.6 is 0 Å². The van der Waals surface area contributed by atoms with Gasteiger partial charge >= 0.3 is 0 Å². The van der Waals surface area contributed by atoms with E-state index in [9.17, 15) is 0 Å². The van der Waals surface area contributed by atoms with E-state index in [1.807, 2.05) is 0 Å². The molecular weight excluding hydrogens is 254 g/mol. The predicted octanol–water partition coefficient (Wildman–Crippen LogP) is 5.14. The Kier molecular flexibility index (Phi) is 3.11. The Labute approximate surface area is 131 Å². The summed E-state index contributed by atoms with van der Waals surface area (Å²) in [5.74, 6) is 3.60. The molecule has 120 valence electrons.